The van der Waals surface area contributed by atoms with E-state index in [9.17, 15) is 14.4 Å². The molecule has 6 nitrogen and oxygen atoms in total. The van der Waals surface area contributed by atoms with Gasteiger partial charge in [0.1, 0.15) is 5.75 Å². The van der Waals surface area contributed by atoms with Crippen LogP contribution in [0.4, 0.5) is 5.69 Å². The molecule has 1 amide bonds. The molecule has 2 aromatic rings. The molecule has 148 valence electrons. The van der Waals surface area contributed by atoms with E-state index in [1.54, 1.807) is 24.3 Å². The highest BCUT2D eigenvalue weighted by molar-refractivity contribution is 5.94. The van der Waals surface area contributed by atoms with Crippen LogP contribution < -0.4 is 10.1 Å². The van der Waals surface area contributed by atoms with E-state index in [-0.39, 0.29) is 24.7 Å². The predicted molar refractivity (Wildman–Crippen MR) is 107 cm³/mol. The van der Waals surface area contributed by atoms with Gasteiger partial charge in [0.2, 0.25) is 0 Å². The third-order valence-corrected chi connectivity index (χ3v) is 4.07. The van der Waals surface area contributed by atoms with Crippen LogP contribution in [-0.4, -0.2) is 30.9 Å². The number of anilines is 1. The van der Waals surface area contributed by atoms with E-state index in [2.05, 4.69) is 12.2 Å². The van der Waals surface area contributed by atoms with Crippen molar-refractivity contribution in [3.8, 4) is 5.75 Å². The van der Waals surface area contributed by atoms with Gasteiger partial charge in [0, 0.05) is 17.7 Å². The van der Waals surface area contributed by atoms with Gasteiger partial charge in [-0.25, -0.2) is 0 Å². The number of amides is 1. The number of nitrogens with one attached hydrogen (secondary N) is 1. The van der Waals surface area contributed by atoms with E-state index in [4.69, 9.17) is 9.47 Å². The Balaban J connectivity index is 1.61. The molecule has 28 heavy (non-hydrogen) atoms. The maximum absolute atomic E-state index is 11.8. The van der Waals surface area contributed by atoms with E-state index in [1.165, 1.54) is 12.5 Å². The topological polar surface area (TPSA) is 81.7 Å². The predicted octanol–water partition coefficient (Wildman–Crippen LogP) is 3.79. The molecule has 6 heteroatoms. The first-order valence-electron chi connectivity index (χ1n) is 9.26. The summed E-state index contributed by atoms with van der Waals surface area (Å²) in [6.07, 6.45) is 1.55. The lowest BCUT2D eigenvalue weighted by molar-refractivity contribution is -0.147. The molecule has 0 aliphatic rings. The second kappa shape index (κ2) is 10.9. The molecule has 0 aromatic heterocycles. The summed E-state index contributed by atoms with van der Waals surface area (Å²) in [6, 6.07) is 14.3. The molecule has 0 saturated carbocycles. The van der Waals surface area contributed by atoms with Gasteiger partial charge in [0.05, 0.1) is 6.61 Å². The SMILES string of the molecule is CCc1ccc(NC(=O)COC(=O)CCCOc2ccc(C(C)=O)cc2)cc1. The van der Waals surface area contributed by atoms with Crippen LogP contribution in [0.3, 0.4) is 0 Å². The Morgan fingerprint density at radius 3 is 2.25 bits per heavy atom. The molecule has 0 atom stereocenters. The average Bonchev–Trinajstić information content (AvgIpc) is 2.70. The van der Waals surface area contributed by atoms with Gasteiger partial charge in [-0.3, -0.25) is 14.4 Å². The van der Waals surface area contributed by atoms with Gasteiger partial charge in [-0.05, 0) is 61.7 Å². The number of hydrogen-bond acceptors (Lipinski definition) is 5. The molecule has 0 aliphatic carbocycles. The number of esters is 1. The monoisotopic (exact) mass is 383 g/mol. The zero-order valence-corrected chi connectivity index (χ0v) is 16.2. The Labute approximate surface area is 164 Å². The van der Waals surface area contributed by atoms with Crippen molar-refractivity contribution in [3.63, 3.8) is 0 Å². The molecule has 0 radical (unpaired) electrons. The fourth-order valence-electron chi connectivity index (χ4n) is 2.43. The van der Waals surface area contributed by atoms with Gasteiger partial charge < -0.3 is 14.8 Å². The molecular formula is C22H25NO5. The molecule has 0 fully saturated rings. The first kappa shape index (κ1) is 21.2. The summed E-state index contributed by atoms with van der Waals surface area (Å²) in [5, 5.41) is 2.68. The molecule has 0 saturated heterocycles. The first-order valence-corrected chi connectivity index (χ1v) is 9.26. The number of aryl methyl sites for hydroxylation is 1. The van der Waals surface area contributed by atoms with Crippen molar-refractivity contribution in [1.82, 2.24) is 0 Å². The van der Waals surface area contributed by atoms with Gasteiger partial charge in [0.25, 0.3) is 5.91 Å². The van der Waals surface area contributed by atoms with E-state index < -0.39 is 5.97 Å². The quantitative estimate of drug-likeness (QED) is 0.383. The van der Waals surface area contributed by atoms with Crippen molar-refractivity contribution in [3.05, 3.63) is 59.7 Å². The van der Waals surface area contributed by atoms with Crippen LogP contribution in [0, 0.1) is 0 Å². The summed E-state index contributed by atoms with van der Waals surface area (Å²) < 4.78 is 10.5. The molecule has 1 N–H and O–H groups in total. The van der Waals surface area contributed by atoms with Gasteiger partial charge in [-0.1, -0.05) is 19.1 Å². The Bertz CT molecular complexity index is 797. The molecule has 0 unspecified atom stereocenters. The number of benzene rings is 2. The van der Waals surface area contributed by atoms with E-state index >= 15 is 0 Å². The third-order valence-electron chi connectivity index (χ3n) is 4.07. The lowest BCUT2D eigenvalue weighted by Gasteiger charge is -2.08. The van der Waals surface area contributed by atoms with Crippen molar-refractivity contribution >= 4 is 23.3 Å². The van der Waals surface area contributed by atoms with Crippen molar-refractivity contribution in [1.29, 1.82) is 0 Å². The van der Waals surface area contributed by atoms with Crippen LogP contribution >= 0.6 is 0 Å². The van der Waals surface area contributed by atoms with E-state index in [1.807, 2.05) is 24.3 Å². The van der Waals surface area contributed by atoms with Crippen molar-refractivity contribution in [2.45, 2.75) is 33.1 Å². The van der Waals surface area contributed by atoms with Gasteiger partial charge >= 0.3 is 5.97 Å². The second-order valence-corrected chi connectivity index (χ2v) is 6.29. The zero-order chi connectivity index (χ0) is 20.4. The summed E-state index contributed by atoms with van der Waals surface area (Å²) in [5.74, 6) is -0.199. The maximum Gasteiger partial charge on any atom is 0.306 e. The van der Waals surface area contributed by atoms with Crippen LogP contribution in [0.15, 0.2) is 48.5 Å². The Kier molecular flexibility index (Phi) is 8.21. The summed E-state index contributed by atoms with van der Waals surface area (Å²) in [5.41, 5.74) is 2.47. The lowest BCUT2D eigenvalue weighted by atomic mass is 10.1. The number of carbonyl (C=O) groups excluding carboxylic acids is 3. The molecule has 0 heterocycles. The largest absolute Gasteiger partial charge is 0.494 e. The minimum Gasteiger partial charge on any atom is -0.494 e. The Morgan fingerprint density at radius 1 is 0.964 bits per heavy atom. The van der Waals surface area contributed by atoms with Gasteiger partial charge in [-0.2, -0.15) is 0 Å². The zero-order valence-electron chi connectivity index (χ0n) is 16.2. The summed E-state index contributed by atoms with van der Waals surface area (Å²) in [4.78, 5) is 34.8. The van der Waals surface area contributed by atoms with Crippen LogP contribution in [0.1, 0.15) is 42.6 Å². The Morgan fingerprint density at radius 2 is 1.64 bits per heavy atom. The van der Waals surface area contributed by atoms with Crippen LogP contribution in [0.2, 0.25) is 0 Å². The standard InChI is InChI=1S/C22H25NO5/c1-3-17-6-10-19(11-7-17)23-21(25)15-28-22(26)5-4-14-27-20-12-8-18(9-13-20)16(2)24/h6-13H,3-5,14-15H2,1-2H3,(H,23,25). The highest BCUT2D eigenvalue weighted by Crippen LogP contribution is 2.13. The lowest BCUT2D eigenvalue weighted by Crippen LogP contribution is -2.21. The fraction of sp³-hybridized carbons (Fsp3) is 0.318. The van der Waals surface area contributed by atoms with Crippen molar-refractivity contribution < 1.29 is 23.9 Å². The Hall–Kier alpha value is -3.15. The number of ketones is 1. The van der Waals surface area contributed by atoms with Crippen LogP contribution in [-0.2, 0) is 20.7 Å². The summed E-state index contributed by atoms with van der Waals surface area (Å²) >= 11 is 0. The number of carbonyl (C=O) groups is 3. The highest BCUT2D eigenvalue weighted by atomic mass is 16.5. The summed E-state index contributed by atoms with van der Waals surface area (Å²) in [7, 11) is 0. The normalized spacial score (nSPS) is 10.2. The first-order chi connectivity index (χ1) is 13.5. The second-order valence-electron chi connectivity index (χ2n) is 6.29. The van der Waals surface area contributed by atoms with E-state index in [0.717, 1.165) is 6.42 Å². The van der Waals surface area contributed by atoms with E-state index in [0.29, 0.717) is 30.0 Å². The van der Waals surface area contributed by atoms with Gasteiger partial charge in [-0.15, -0.1) is 0 Å². The average molecular weight is 383 g/mol. The molecule has 0 bridgehead atoms. The molecule has 2 aromatic carbocycles. The van der Waals surface area contributed by atoms with Crippen LogP contribution in [0.25, 0.3) is 0 Å². The third kappa shape index (κ3) is 7.23. The van der Waals surface area contributed by atoms with Gasteiger partial charge in [0.15, 0.2) is 12.4 Å². The minimum absolute atomic E-state index is 0.00342. The fourth-order valence-corrected chi connectivity index (χ4v) is 2.43. The highest BCUT2D eigenvalue weighted by Gasteiger charge is 2.08. The molecule has 0 spiro atoms. The van der Waals surface area contributed by atoms with Crippen molar-refractivity contribution in [2.75, 3.05) is 18.5 Å². The maximum atomic E-state index is 11.8. The molecule has 2 rings (SSSR count). The summed E-state index contributed by atoms with van der Waals surface area (Å²) in [6.45, 7) is 3.58. The number of ether oxygens (including phenoxy) is 2. The number of hydrogen-bond donors (Lipinski definition) is 1. The van der Waals surface area contributed by atoms with Crippen molar-refractivity contribution in [2.24, 2.45) is 0 Å². The smallest absolute Gasteiger partial charge is 0.306 e. The molecule has 0 aliphatic heterocycles. The van der Waals surface area contributed by atoms with Crippen LogP contribution in [0.5, 0.6) is 5.75 Å². The minimum atomic E-state index is -0.452. The molecular weight excluding hydrogens is 358 g/mol. The number of rotatable bonds is 10. The number of Topliss-reactive ketones (excluding diaryl/α,β-unsaturated/α-hetero) is 1.